The van der Waals surface area contributed by atoms with E-state index >= 15 is 0 Å². The molecule has 0 spiro atoms. The first-order chi connectivity index (χ1) is 8.06. The molecule has 4 N–H and O–H groups in total. The summed E-state index contributed by atoms with van der Waals surface area (Å²) in [6.07, 6.45) is 7.65. The summed E-state index contributed by atoms with van der Waals surface area (Å²) in [4.78, 5) is 22.6. The van der Waals surface area contributed by atoms with Gasteiger partial charge in [0.05, 0.1) is 0 Å². The van der Waals surface area contributed by atoms with Crippen molar-refractivity contribution in [2.75, 3.05) is 0 Å². The van der Waals surface area contributed by atoms with Gasteiger partial charge in [0, 0.05) is 12.0 Å². The van der Waals surface area contributed by atoms with Crippen molar-refractivity contribution < 1.29 is 9.59 Å². The molecule has 1 aliphatic rings. The van der Waals surface area contributed by atoms with Gasteiger partial charge in [-0.15, -0.1) is 10.2 Å². The normalized spacial score (nSPS) is 23.2. The van der Waals surface area contributed by atoms with Crippen molar-refractivity contribution in [1.82, 2.24) is 14.8 Å². The summed E-state index contributed by atoms with van der Waals surface area (Å²) in [7, 11) is 0. The Labute approximate surface area is 96.8 Å². The number of rotatable bonds is 3. The van der Waals surface area contributed by atoms with Crippen molar-refractivity contribution >= 4 is 11.8 Å². The topological polar surface area (TPSA) is 117 Å². The molecule has 0 radical (unpaired) electrons. The van der Waals surface area contributed by atoms with Crippen LogP contribution in [0.1, 0.15) is 6.42 Å². The largest absolute Gasteiger partial charge is 0.367 e. The lowest BCUT2D eigenvalue weighted by Crippen LogP contribution is -2.45. The van der Waals surface area contributed by atoms with Gasteiger partial charge >= 0.3 is 0 Å². The number of primary amides is 2. The van der Waals surface area contributed by atoms with Crippen LogP contribution >= 0.6 is 0 Å². The Bertz CT molecular complexity index is 517. The number of hydrogen-bond acceptors (Lipinski definition) is 4. The van der Waals surface area contributed by atoms with Crippen LogP contribution in [0.3, 0.4) is 0 Å². The van der Waals surface area contributed by atoms with Crippen LogP contribution in [0, 0.1) is 0 Å². The SMILES string of the molecule is NC(=O)C1=CCC(C(N)=O)(n2cnnc2)C=C1. The molecule has 7 nitrogen and oxygen atoms in total. The molecule has 0 bridgehead atoms. The van der Waals surface area contributed by atoms with Gasteiger partial charge in [0.1, 0.15) is 18.2 Å². The minimum Gasteiger partial charge on any atom is -0.367 e. The fourth-order valence-corrected chi connectivity index (χ4v) is 1.72. The van der Waals surface area contributed by atoms with Gasteiger partial charge in [-0.05, 0) is 6.08 Å². The van der Waals surface area contributed by atoms with E-state index in [-0.39, 0.29) is 6.42 Å². The van der Waals surface area contributed by atoms with Crippen molar-refractivity contribution in [3.05, 3.63) is 36.5 Å². The minimum absolute atomic E-state index is 0.245. The quantitative estimate of drug-likeness (QED) is 0.684. The fraction of sp³-hybridized carbons (Fsp3) is 0.200. The number of allylic oxidation sites excluding steroid dienone is 1. The third-order valence-corrected chi connectivity index (χ3v) is 2.76. The number of amides is 2. The molecule has 2 amide bonds. The van der Waals surface area contributed by atoms with Gasteiger partial charge in [-0.2, -0.15) is 0 Å². The predicted octanol–water partition coefficient (Wildman–Crippen LogP) is -1.17. The lowest BCUT2D eigenvalue weighted by molar-refractivity contribution is -0.124. The molecule has 0 aromatic carbocycles. The van der Waals surface area contributed by atoms with Gasteiger partial charge in [-0.25, -0.2) is 0 Å². The predicted molar refractivity (Wildman–Crippen MR) is 58.2 cm³/mol. The number of carbonyl (C=O) groups excluding carboxylic acids is 2. The molecule has 0 fully saturated rings. The summed E-state index contributed by atoms with van der Waals surface area (Å²) in [5.41, 5.74) is 9.84. The number of carbonyl (C=O) groups is 2. The van der Waals surface area contributed by atoms with Crippen molar-refractivity contribution in [2.45, 2.75) is 12.0 Å². The molecule has 1 aliphatic carbocycles. The number of hydrogen-bond donors (Lipinski definition) is 2. The molecule has 7 heteroatoms. The van der Waals surface area contributed by atoms with E-state index in [1.807, 2.05) is 0 Å². The fourth-order valence-electron chi connectivity index (χ4n) is 1.72. The highest BCUT2D eigenvalue weighted by molar-refractivity contribution is 5.96. The van der Waals surface area contributed by atoms with E-state index in [1.165, 1.54) is 23.3 Å². The molecule has 88 valence electrons. The maximum Gasteiger partial charge on any atom is 0.248 e. The van der Waals surface area contributed by atoms with E-state index in [1.54, 1.807) is 12.2 Å². The second kappa shape index (κ2) is 3.85. The van der Waals surface area contributed by atoms with E-state index in [0.717, 1.165) is 0 Å². The standard InChI is InChI=1S/C10H11N5O2/c11-8(16)7-1-3-10(4-2-7,9(12)17)15-5-13-14-6-15/h1-3,5-6H,4H2,(H2,11,16)(H2,12,17). The lowest BCUT2D eigenvalue weighted by atomic mass is 9.87. The summed E-state index contributed by atoms with van der Waals surface area (Å²) in [5, 5.41) is 7.28. The van der Waals surface area contributed by atoms with Crippen LogP contribution in [-0.4, -0.2) is 26.6 Å². The molecule has 1 heterocycles. The average Bonchev–Trinajstić information content (AvgIpc) is 2.82. The highest BCUT2D eigenvalue weighted by Gasteiger charge is 2.37. The molecular weight excluding hydrogens is 222 g/mol. The van der Waals surface area contributed by atoms with Crippen LogP contribution in [0.5, 0.6) is 0 Å². The zero-order chi connectivity index (χ0) is 12.5. The van der Waals surface area contributed by atoms with E-state index < -0.39 is 17.4 Å². The van der Waals surface area contributed by atoms with Gasteiger partial charge in [-0.3, -0.25) is 9.59 Å². The Morgan fingerprint density at radius 2 is 1.94 bits per heavy atom. The first-order valence-electron chi connectivity index (χ1n) is 4.90. The first kappa shape index (κ1) is 11.1. The second-order valence-corrected chi connectivity index (χ2v) is 3.72. The average molecular weight is 233 g/mol. The molecule has 1 aromatic rings. The van der Waals surface area contributed by atoms with Crippen molar-refractivity contribution in [3.63, 3.8) is 0 Å². The van der Waals surface area contributed by atoms with Crippen LogP contribution in [-0.2, 0) is 15.1 Å². The van der Waals surface area contributed by atoms with Gasteiger partial charge < -0.3 is 16.0 Å². The molecule has 1 aromatic heterocycles. The van der Waals surface area contributed by atoms with E-state index in [2.05, 4.69) is 10.2 Å². The zero-order valence-corrected chi connectivity index (χ0v) is 8.91. The summed E-state index contributed by atoms with van der Waals surface area (Å²) < 4.78 is 1.50. The molecule has 2 rings (SSSR count). The van der Waals surface area contributed by atoms with Crippen molar-refractivity contribution in [3.8, 4) is 0 Å². The molecule has 0 aliphatic heterocycles. The Hall–Kier alpha value is -2.44. The van der Waals surface area contributed by atoms with Gasteiger partial charge in [-0.1, -0.05) is 12.2 Å². The van der Waals surface area contributed by atoms with Gasteiger partial charge in [0.15, 0.2) is 0 Å². The van der Waals surface area contributed by atoms with Crippen LogP contribution in [0.15, 0.2) is 36.5 Å². The monoisotopic (exact) mass is 233 g/mol. The van der Waals surface area contributed by atoms with Crippen LogP contribution < -0.4 is 11.5 Å². The van der Waals surface area contributed by atoms with Crippen LogP contribution in [0.2, 0.25) is 0 Å². The van der Waals surface area contributed by atoms with E-state index in [9.17, 15) is 9.59 Å². The Balaban J connectivity index is 2.40. The highest BCUT2D eigenvalue weighted by Crippen LogP contribution is 2.28. The smallest absolute Gasteiger partial charge is 0.248 e. The molecular formula is C10H11N5O2. The van der Waals surface area contributed by atoms with Crippen LogP contribution in [0.4, 0.5) is 0 Å². The van der Waals surface area contributed by atoms with E-state index in [0.29, 0.717) is 5.57 Å². The molecule has 0 saturated heterocycles. The molecule has 1 atom stereocenters. The highest BCUT2D eigenvalue weighted by atomic mass is 16.2. The summed E-state index contributed by atoms with van der Waals surface area (Å²) in [6.45, 7) is 0. The molecule has 0 saturated carbocycles. The maximum atomic E-state index is 11.6. The summed E-state index contributed by atoms with van der Waals surface area (Å²) >= 11 is 0. The first-order valence-corrected chi connectivity index (χ1v) is 4.90. The minimum atomic E-state index is -1.07. The number of aromatic nitrogens is 3. The van der Waals surface area contributed by atoms with Crippen LogP contribution in [0.25, 0.3) is 0 Å². The van der Waals surface area contributed by atoms with Gasteiger partial charge in [0.25, 0.3) is 0 Å². The Morgan fingerprint density at radius 1 is 1.29 bits per heavy atom. The zero-order valence-electron chi connectivity index (χ0n) is 8.91. The number of nitrogens with zero attached hydrogens (tertiary/aromatic N) is 3. The second-order valence-electron chi connectivity index (χ2n) is 3.72. The third-order valence-electron chi connectivity index (χ3n) is 2.76. The number of nitrogens with two attached hydrogens (primary N) is 2. The van der Waals surface area contributed by atoms with Gasteiger partial charge in [0.2, 0.25) is 11.8 Å². The maximum absolute atomic E-state index is 11.6. The Morgan fingerprint density at radius 3 is 2.35 bits per heavy atom. The van der Waals surface area contributed by atoms with Crippen molar-refractivity contribution in [1.29, 1.82) is 0 Å². The van der Waals surface area contributed by atoms with Crippen molar-refractivity contribution in [2.24, 2.45) is 11.5 Å². The molecule has 1 unspecified atom stereocenters. The summed E-state index contributed by atoms with van der Waals surface area (Å²) in [5.74, 6) is -1.09. The molecule has 17 heavy (non-hydrogen) atoms. The lowest BCUT2D eigenvalue weighted by Gasteiger charge is -2.29. The third kappa shape index (κ3) is 1.71. The Kier molecular flexibility index (Phi) is 2.51. The van der Waals surface area contributed by atoms with E-state index in [4.69, 9.17) is 11.5 Å². The summed E-state index contributed by atoms with van der Waals surface area (Å²) in [6, 6.07) is 0.